The van der Waals surface area contributed by atoms with Crippen molar-refractivity contribution in [3.05, 3.63) is 0 Å². The van der Waals surface area contributed by atoms with Crippen LogP contribution in [-0.2, 0) is 8.23 Å². The van der Waals surface area contributed by atoms with Crippen LogP contribution < -0.4 is 5.73 Å². The second-order valence-electron chi connectivity index (χ2n) is 6.93. The predicted octanol–water partition coefficient (Wildman–Crippen LogP) is 3.29. The Bertz CT molecular complexity index is 243. The van der Waals surface area contributed by atoms with Gasteiger partial charge in [0.05, 0.1) is 0 Å². The molecule has 0 aliphatic carbocycles. The Labute approximate surface area is 111 Å². The number of hydrogen-bond acceptors (Lipinski definition) is 3. The van der Waals surface area contributed by atoms with Crippen molar-refractivity contribution in [3.63, 3.8) is 0 Å². The summed E-state index contributed by atoms with van der Waals surface area (Å²) in [6, 6.07) is 1.19. The van der Waals surface area contributed by atoms with E-state index in [2.05, 4.69) is 53.1 Å². The molecule has 0 bridgehead atoms. The number of hydrogen-bond donors (Lipinski definition) is 1. The van der Waals surface area contributed by atoms with Gasteiger partial charge in [-0.3, -0.25) is 0 Å². The van der Waals surface area contributed by atoms with Gasteiger partial charge in [0.15, 0.2) is 16.6 Å². The molecule has 0 saturated carbocycles. The third-order valence-corrected chi connectivity index (χ3v) is 13.6. The van der Waals surface area contributed by atoms with Crippen molar-refractivity contribution in [1.29, 1.82) is 0 Å². The van der Waals surface area contributed by atoms with Crippen molar-refractivity contribution in [2.75, 3.05) is 6.17 Å². The predicted molar refractivity (Wildman–Crippen MR) is 83.3 cm³/mol. The summed E-state index contributed by atoms with van der Waals surface area (Å²) in [5.74, 6) is 0.696. The number of nitrogens with two attached hydrogens (primary N) is 1. The molecule has 0 aromatic carbocycles. The Morgan fingerprint density at radius 2 is 1.29 bits per heavy atom. The van der Waals surface area contributed by atoms with Crippen LogP contribution in [0.4, 0.5) is 0 Å². The van der Waals surface area contributed by atoms with Crippen LogP contribution in [0, 0.1) is 5.92 Å². The van der Waals surface area contributed by atoms with Gasteiger partial charge in [-0.2, -0.15) is 0 Å². The molecule has 17 heavy (non-hydrogen) atoms. The molecule has 0 radical (unpaired) electrons. The highest BCUT2D eigenvalue weighted by Crippen LogP contribution is 2.24. The minimum atomic E-state index is -2.02. The van der Waals surface area contributed by atoms with Crippen LogP contribution in [0.25, 0.3) is 0 Å². The topological polar surface area (TPSA) is 44.5 Å². The molecule has 0 fully saturated rings. The zero-order valence-electron chi connectivity index (χ0n) is 12.9. The van der Waals surface area contributed by atoms with Crippen molar-refractivity contribution < 1.29 is 8.23 Å². The fraction of sp³-hybridized carbons (Fsp3) is 1.00. The van der Waals surface area contributed by atoms with E-state index in [4.69, 9.17) is 14.0 Å². The van der Waals surface area contributed by atoms with Gasteiger partial charge in [0, 0.05) is 6.17 Å². The van der Waals surface area contributed by atoms with Crippen LogP contribution in [0.5, 0.6) is 0 Å². The van der Waals surface area contributed by atoms with Crippen molar-refractivity contribution in [1.82, 2.24) is 0 Å². The van der Waals surface area contributed by atoms with Gasteiger partial charge in [0.2, 0.25) is 0 Å². The molecular formula is C11H31NO2Si3. The lowest BCUT2D eigenvalue weighted by Gasteiger charge is -2.38. The maximum atomic E-state index is 6.41. The molecule has 0 aliphatic heterocycles. The van der Waals surface area contributed by atoms with Crippen molar-refractivity contribution >= 4 is 25.2 Å². The summed E-state index contributed by atoms with van der Waals surface area (Å²) in [7, 11) is -5.33. The summed E-state index contributed by atoms with van der Waals surface area (Å²) in [5, 5.41) is 0. The molecule has 0 atom stereocenters. The van der Waals surface area contributed by atoms with Gasteiger partial charge in [-0.25, -0.2) is 0 Å². The van der Waals surface area contributed by atoms with Crippen LogP contribution in [-0.4, -0.2) is 31.4 Å². The minimum absolute atomic E-state index is 0.666. The Kier molecular flexibility index (Phi) is 6.31. The van der Waals surface area contributed by atoms with Gasteiger partial charge in [-0.15, -0.1) is 0 Å². The Morgan fingerprint density at radius 3 is 1.65 bits per heavy atom. The molecule has 6 heteroatoms. The average Bonchev–Trinajstić information content (AvgIpc) is 1.96. The second-order valence-corrected chi connectivity index (χ2v) is 19.2. The summed E-state index contributed by atoms with van der Waals surface area (Å²) < 4.78 is 12.7. The SMILES string of the molecule is CC(C)C[Si](C)(C)O[Si](C)(C)O[Si](C)(C)CN. The molecule has 0 aromatic heterocycles. The molecule has 3 nitrogen and oxygen atoms in total. The lowest BCUT2D eigenvalue weighted by molar-refractivity contribution is 0.385. The first-order chi connectivity index (χ1) is 7.39. The monoisotopic (exact) mass is 293 g/mol. The van der Waals surface area contributed by atoms with Gasteiger partial charge in [0.1, 0.15) is 0 Å². The molecule has 0 amide bonds. The van der Waals surface area contributed by atoms with E-state index in [1.165, 1.54) is 6.04 Å². The highest BCUT2D eigenvalue weighted by atomic mass is 28.5. The van der Waals surface area contributed by atoms with E-state index in [0.717, 1.165) is 0 Å². The second kappa shape index (κ2) is 6.12. The summed E-state index contributed by atoms with van der Waals surface area (Å²) in [4.78, 5) is 0. The first kappa shape index (κ1) is 17.5. The van der Waals surface area contributed by atoms with E-state index < -0.39 is 25.2 Å². The first-order valence-electron chi connectivity index (χ1n) is 6.49. The summed E-state index contributed by atoms with van der Waals surface area (Å²) in [6.07, 6.45) is 0.666. The molecular weight excluding hydrogens is 262 g/mol. The molecule has 0 heterocycles. The summed E-state index contributed by atoms with van der Waals surface area (Å²) in [6.45, 7) is 17.8. The van der Waals surface area contributed by atoms with Gasteiger partial charge in [0.25, 0.3) is 0 Å². The average molecular weight is 294 g/mol. The quantitative estimate of drug-likeness (QED) is 0.733. The van der Waals surface area contributed by atoms with E-state index in [1.54, 1.807) is 0 Å². The fourth-order valence-corrected chi connectivity index (χ4v) is 16.2. The van der Waals surface area contributed by atoms with E-state index in [0.29, 0.717) is 12.1 Å². The summed E-state index contributed by atoms with van der Waals surface area (Å²) in [5.41, 5.74) is 5.77. The van der Waals surface area contributed by atoms with Crippen molar-refractivity contribution in [2.24, 2.45) is 11.7 Å². The Morgan fingerprint density at radius 1 is 0.882 bits per heavy atom. The molecule has 104 valence electrons. The van der Waals surface area contributed by atoms with Crippen LogP contribution >= 0.6 is 0 Å². The smallest absolute Gasteiger partial charge is 0.311 e. The molecule has 0 spiro atoms. The maximum absolute atomic E-state index is 6.41. The van der Waals surface area contributed by atoms with E-state index in [1.807, 2.05) is 0 Å². The zero-order valence-corrected chi connectivity index (χ0v) is 15.9. The summed E-state index contributed by atoms with van der Waals surface area (Å²) >= 11 is 0. The minimum Gasteiger partial charge on any atom is -0.436 e. The van der Waals surface area contributed by atoms with E-state index in [-0.39, 0.29) is 0 Å². The van der Waals surface area contributed by atoms with Gasteiger partial charge in [-0.1, -0.05) is 13.8 Å². The van der Waals surface area contributed by atoms with Crippen LogP contribution in [0.15, 0.2) is 0 Å². The normalized spacial score (nSPS) is 14.5. The third kappa shape index (κ3) is 8.28. The van der Waals surface area contributed by atoms with E-state index >= 15 is 0 Å². The molecule has 0 saturated heterocycles. The number of rotatable bonds is 7. The van der Waals surface area contributed by atoms with Gasteiger partial charge < -0.3 is 14.0 Å². The van der Waals surface area contributed by atoms with Crippen LogP contribution in [0.2, 0.25) is 45.3 Å². The molecule has 0 rings (SSSR count). The molecule has 0 aromatic rings. The molecule has 0 aliphatic rings. The Hall–Kier alpha value is 0.531. The first-order valence-corrected chi connectivity index (χ1v) is 15.5. The lowest BCUT2D eigenvalue weighted by Crippen LogP contribution is -2.55. The largest absolute Gasteiger partial charge is 0.436 e. The van der Waals surface area contributed by atoms with Crippen LogP contribution in [0.3, 0.4) is 0 Å². The maximum Gasteiger partial charge on any atom is 0.311 e. The van der Waals surface area contributed by atoms with Gasteiger partial charge in [-0.05, 0) is 51.2 Å². The standard InChI is InChI=1S/C11H31NO2Si3/c1-11(2)9-15(3,4)13-17(7,8)14-16(5,6)10-12/h11H,9-10,12H2,1-8H3. The highest BCUT2D eigenvalue weighted by molar-refractivity contribution is 6.87. The zero-order chi connectivity index (χ0) is 13.9. The molecule has 0 unspecified atom stereocenters. The highest BCUT2D eigenvalue weighted by Gasteiger charge is 2.39. The van der Waals surface area contributed by atoms with Crippen molar-refractivity contribution in [3.8, 4) is 0 Å². The van der Waals surface area contributed by atoms with Crippen LogP contribution in [0.1, 0.15) is 13.8 Å². The lowest BCUT2D eigenvalue weighted by atomic mass is 10.3. The van der Waals surface area contributed by atoms with E-state index in [9.17, 15) is 0 Å². The Balaban J connectivity index is 4.53. The molecule has 2 N–H and O–H groups in total. The third-order valence-electron chi connectivity index (χ3n) is 2.44. The van der Waals surface area contributed by atoms with Gasteiger partial charge >= 0.3 is 8.56 Å². The van der Waals surface area contributed by atoms with Crippen molar-refractivity contribution in [2.45, 2.75) is 59.2 Å². The fourth-order valence-electron chi connectivity index (χ4n) is 2.42.